The first-order chi connectivity index (χ1) is 8.11. The molecule has 0 aromatic rings. The lowest BCUT2D eigenvalue weighted by molar-refractivity contribution is -0.143. The maximum Gasteiger partial charge on any atom is 0.242 e. The fraction of sp³-hybridized carbons (Fsp3) is 0.833. The zero-order valence-corrected chi connectivity index (χ0v) is 11.0. The highest BCUT2D eigenvalue weighted by atomic mass is 16.2. The highest BCUT2D eigenvalue weighted by molar-refractivity contribution is 5.90. The Bertz CT molecular complexity index is 281. The van der Waals surface area contributed by atoms with Gasteiger partial charge in [0.2, 0.25) is 11.8 Å². The number of amides is 2. The molecule has 0 aliphatic carbocycles. The molecule has 0 aromatic carbocycles. The van der Waals surface area contributed by atoms with E-state index < -0.39 is 0 Å². The zero-order valence-electron chi connectivity index (χ0n) is 11.0. The highest BCUT2D eigenvalue weighted by Gasteiger charge is 2.33. The van der Waals surface area contributed by atoms with Crippen LogP contribution >= 0.6 is 0 Å². The molecule has 2 N–H and O–H groups in total. The third-order valence-corrected chi connectivity index (χ3v) is 3.22. The van der Waals surface area contributed by atoms with E-state index >= 15 is 0 Å². The van der Waals surface area contributed by atoms with Gasteiger partial charge in [0.15, 0.2) is 0 Å². The SMILES string of the molecule is CCCNC(=O)C(C)N1CCCC(NC)C1=O. The van der Waals surface area contributed by atoms with E-state index in [4.69, 9.17) is 0 Å². The summed E-state index contributed by atoms with van der Waals surface area (Å²) in [5.74, 6) is -0.0187. The number of hydrogen-bond donors (Lipinski definition) is 2. The van der Waals surface area contributed by atoms with Gasteiger partial charge in [0.05, 0.1) is 6.04 Å². The Kier molecular flexibility index (Phi) is 5.41. The van der Waals surface area contributed by atoms with Crippen LogP contribution in [-0.2, 0) is 9.59 Å². The molecule has 0 saturated carbocycles. The van der Waals surface area contributed by atoms with Crippen LogP contribution in [0.4, 0.5) is 0 Å². The molecular formula is C12H23N3O2. The normalized spacial score (nSPS) is 22.4. The molecule has 2 amide bonds. The van der Waals surface area contributed by atoms with Crippen molar-refractivity contribution >= 4 is 11.8 Å². The first-order valence-electron chi connectivity index (χ1n) is 6.37. The van der Waals surface area contributed by atoms with Gasteiger partial charge >= 0.3 is 0 Å². The summed E-state index contributed by atoms with van der Waals surface area (Å²) in [5.41, 5.74) is 0. The number of carbonyl (C=O) groups is 2. The molecule has 2 atom stereocenters. The molecule has 1 heterocycles. The van der Waals surface area contributed by atoms with E-state index in [9.17, 15) is 9.59 Å². The Hall–Kier alpha value is -1.10. The number of rotatable bonds is 5. The molecule has 2 unspecified atom stereocenters. The second-order valence-electron chi connectivity index (χ2n) is 4.48. The minimum Gasteiger partial charge on any atom is -0.354 e. The van der Waals surface area contributed by atoms with E-state index in [-0.39, 0.29) is 23.9 Å². The van der Waals surface area contributed by atoms with Crippen molar-refractivity contribution in [2.24, 2.45) is 0 Å². The molecule has 0 spiro atoms. The Balaban J connectivity index is 2.58. The molecule has 98 valence electrons. The van der Waals surface area contributed by atoms with Gasteiger partial charge in [-0.15, -0.1) is 0 Å². The molecule has 0 bridgehead atoms. The number of likely N-dealkylation sites (N-methyl/N-ethyl adjacent to an activating group) is 1. The number of piperidine rings is 1. The second kappa shape index (κ2) is 6.59. The minimum atomic E-state index is -0.370. The standard InChI is InChI=1S/C12H23N3O2/c1-4-7-14-11(16)9(2)15-8-5-6-10(13-3)12(15)17/h9-10,13H,4-8H2,1-3H3,(H,14,16). The van der Waals surface area contributed by atoms with E-state index in [1.807, 2.05) is 6.92 Å². The van der Waals surface area contributed by atoms with E-state index in [1.165, 1.54) is 0 Å². The molecule has 1 rings (SSSR count). The number of nitrogens with one attached hydrogen (secondary N) is 2. The van der Waals surface area contributed by atoms with Crippen molar-refractivity contribution in [1.82, 2.24) is 15.5 Å². The van der Waals surface area contributed by atoms with Crippen LogP contribution in [-0.4, -0.2) is 48.9 Å². The van der Waals surface area contributed by atoms with Crippen molar-refractivity contribution in [2.45, 2.75) is 45.2 Å². The number of nitrogens with zero attached hydrogens (tertiary/aromatic N) is 1. The Morgan fingerprint density at radius 1 is 1.59 bits per heavy atom. The number of carbonyl (C=O) groups excluding carboxylic acids is 2. The fourth-order valence-electron chi connectivity index (χ4n) is 2.09. The van der Waals surface area contributed by atoms with Crippen molar-refractivity contribution < 1.29 is 9.59 Å². The van der Waals surface area contributed by atoms with Gasteiger partial charge in [-0.05, 0) is 33.2 Å². The fourth-order valence-corrected chi connectivity index (χ4v) is 2.09. The Morgan fingerprint density at radius 2 is 2.29 bits per heavy atom. The van der Waals surface area contributed by atoms with Gasteiger partial charge in [0, 0.05) is 13.1 Å². The molecule has 1 saturated heterocycles. The lowest BCUT2D eigenvalue weighted by Crippen LogP contribution is -2.56. The van der Waals surface area contributed by atoms with E-state index in [2.05, 4.69) is 10.6 Å². The van der Waals surface area contributed by atoms with Crippen molar-refractivity contribution in [1.29, 1.82) is 0 Å². The van der Waals surface area contributed by atoms with Crippen molar-refractivity contribution in [3.63, 3.8) is 0 Å². The van der Waals surface area contributed by atoms with E-state index in [0.717, 1.165) is 19.3 Å². The topological polar surface area (TPSA) is 61.4 Å². The van der Waals surface area contributed by atoms with Crippen LogP contribution in [0.3, 0.4) is 0 Å². The first-order valence-corrected chi connectivity index (χ1v) is 6.37. The van der Waals surface area contributed by atoms with Crippen LogP contribution in [0, 0.1) is 0 Å². The smallest absolute Gasteiger partial charge is 0.242 e. The van der Waals surface area contributed by atoms with Gasteiger partial charge in [-0.3, -0.25) is 9.59 Å². The summed E-state index contributed by atoms with van der Waals surface area (Å²) in [5, 5.41) is 5.83. The van der Waals surface area contributed by atoms with Crippen molar-refractivity contribution in [3.8, 4) is 0 Å². The third kappa shape index (κ3) is 3.43. The summed E-state index contributed by atoms with van der Waals surface area (Å²) < 4.78 is 0. The summed E-state index contributed by atoms with van der Waals surface area (Å²) in [6.45, 7) is 5.15. The van der Waals surface area contributed by atoms with Crippen LogP contribution in [0.1, 0.15) is 33.1 Å². The molecule has 1 aliphatic heterocycles. The molecule has 5 nitrogen and oxygen atoms in total. The van der Waals surface area contributed by atoms with Crippen LogP contribution in [0.15, 0.2) is 0 Å². The first kappa shape index (κ1) is 14.0. The van der Waals surface area contributed by atoms with Gasteiger partial charge in [0.25, 0.3) is 0 Å². The van der Waals surface area contributed by atoms with Crippen molar-refractivity contribution in [2.75, 3.05) is 20.1 Å². The van der Waals surface area contributed by atoms with Crippen LogP contribution in [0.5, 0.6) is 0 Å². The van der Waals surface area contributed by atoms with Gasteiger partial charge in [-0.2, -0.15) is 0 Å². The van der Waals surface area contributed by atoms with E-state index in [0.29, 0.717) is 13.1 Å². The summed E-state index contributed by atoms with van der Waals surface area (Å²) in [6.07, 6.45) is 2.71. The average Bonchev–Trinajstić information content (AvgIpc) is 2.35. The Labute approximate surface area is 103 Å². The summed E-state index contributed by atoms with van der Waals surface area (Å²) in [7, 11) is 1.79. The molecule has 17 heavy (non-hydrogen) atoms. The predicted octanol–water partition coefficient (Wildman–Crippen LogP) is 0.112. The van der Waals surface area contributed by atoms with Gasteiger partial charge in [-0.1, -0.05) is 6.92 Å². The number of likely N-dealkylation sites (tertiary alicyclic amines) is 1. The highest BCUT2D eigenvalue weighted by Crippen LogP contribution is 2.14. The quantitative estimate of drug-likeness (QED) is 0.718. The molecule has 0 radical (unpaired) electrons. The molecular weight excluding hydrogens is 218 g/mol. The Morgan fingerprint density at radius 3 is 2.88 bits per heavy atom. The van der Waals surface area contributed by atoms with Gasteiger partial charge < -0.3 is 15.5 Å². The third-order valence-electron chi connectivity index (χ3n) is 3.22. The zero-order chi connectivity index (χ0) is 12.8. The van der Waals surface area contributed by atoms with Crippen LogP contribution in [0.25, 0.3) is 0 Å². The lowest BCUT2D eigenvalue weighted by atomic mass is 10.0. The molecule has 1 aliphatic rings. The maximum absolute atomic E-state index is 12.1. The largest absolute Gasteiger partial charge is 0.354 e. The second-order valence-corrected chi connectivity index (χ2v) is 4.48. The minimum absolute atomic E-state index is 0.0397. The molecule has 0 aromatic heterocycles. The van der Waals surface area contributed by atoms with E-state index in [1.54, 1.807) is 18.9 Å². The van der Waals surface area contributed by atoms with Crippen LogP contribution < -0.4 is 10.6 Å². The summed E-state index contributed by atoms with van der Waals surface area (Å²) >= 11 is 0. The maximum atomic E-state index is 12.1. The van der Waals surface area contributed by atoms with Gasteiger partial charge in [-0.25, -0.2) is 0 Å². The summed E-state index contributed by atoms with van der Waals surface area (Å²) in [6, 6.07) is -0.504. The van der Waals surface area contributed by atoms with Crippen LogP contribution in [0.2, 0.25) is 0 Å². The average molecular weight is 241 g/mol. The summed E-state index contributed by atoms with van der Waals surface area (Å²) in [4.78, 5) is 25.6. The van der Waals surface area contributed by atoms with Crippen molar-refractivity contribution in [3.05, 3.63) is 0 Å². The number of hydrogen-bond acceptors (Lipinski definition) is 3. The lowest BCUT2D eigenvalue weighted by Gasteiger charge is -2.35. The predicted molar refractivity (Wildman–Crippen MR) is 66.6 cm³/mol. The molecule has 1 fully saturated rings. The molecule has 5 heteroatoms. The monoisotopic (exact) mass is 241 g/mol. The van der Waals surface area contributed by atoms with Gasteiger partial charge in [0.1, 0.15) is 6.04 Å².